The van der Waals surface area contributed by atoms with Crippen molar-refractivity contribution in [3.05, 3.63) is 96.6 Å². The number of hydrogen-bond acceptors (Lipinski definition) is 3. The maximum Gasteiger partial charge on any atom is 0.494 e. The van der Waals surface area contributed by atoms with Crippen LogP contribution in [0.25, 0.3) is 38.6 Å². The second kappa shape index (κ2) is 8.10. The van der Waals surface area contributed by atoms with E-state index < -0.39 is 18.3 Å². The second-order valence-corrected chi connectivity index (χ2v) is 10.5. The Morgan fingerprint density at radius 2 is 1.36 bits per heavy atom. The number of benzene rings is 4. The predicted octanol–water partition coefficient (Wildman–Crippen LogP) is 6.62. The quantitative estimate of drug-likeness (QED) is 0.279. The van der Waals surface area contributed by atoms with Gasteiger partial charge in [-0.15, -0.1) is 0 Å². The molecule has 5 aromatic rings. The van der Waals surface area contributed by atoms with Crippen LogP contribution in [0.3, 0.4) is 0 Å². The molecule has 0 aliphatic carbocycles. The van der Waals surface area contributed by atoms with E-state index in [1.165, 1.54) is 16.3 Å². The molecule has 0 atom stereocenters. The van der Waals surface area contributed by atoms with Crippen LogP contribution in [0.2, 0.25) is 0 Å². The van der Waals surface area contributed by atoms with E-state index in [0.29, 0.717) is 5.56 Å². The number of fused-ring (bicyclic) bond motifs is 3. The van der Waals surface area contributed by atoms with Crippen LogP contribution in [0, 0.1) is 11.3 Å². The lowest BCUT2D eigenvalue weighted by molar-refractivity contribution is 0.00578. The summed E-state index contributed by atoms with van der Waals surface area (Å²) in [5.41, 5.74) is 6.01. The first-order valence-corrected chi connectivity index (χ1v) is 12.3. The average molecular weight is 470 g/mol. The topological polar surface area (TPSA) is 47.2 Å². The van der Waals surface area contributed by atoms with Crippen LogP contribution in [0.4, 0.5) is 0 Å². The molecule has 0 amide bonds. The third-order valence-corrected chi connectivity index (χ3v) is 7.63. The normalized spacial score (nSPS) is 16.5. The Morgan fingerprint density at radius 1 is 0.694 bits per heavy atom. The lowest BCUT2D eigenvalue weighted by Crippen LogP contribution is -2.41. The molecule has 1 aliphatic heterocycles. The van der Waals surface area contributed by atoms with E-state index >= 15 is 0 Å². The van der Waals surface area contributed by atoms with Crippen LogP contribution in [0.15, 0.2) is 91.0 Å². The van der Waals surface area contributed by atoms with Gasteiger partial charge in [0.15, 0.2) is 0 Å². The fraction of sp³-hybridized carbons (Fsp3) is 0.194. The number of hydrogen-bond donors (Lipinski definition) is 0. The molecule has 1 fully saturated rings. The third kappa shape index (κ3) is 3.53. The summed E-state index contributed by atoms with van der Waals surface area (Å²) < 4.78 is 14.9. The molecule has 0 bridgehead atoms. The Hall–Kier alpha value is -3.85. The number of rotatable bonds is 3. The van der Waals surface area contributed by atoms with Gasteiger partial charge in [-0.2, -0.15) is 5.26 Å². The molecule has 1 aromatic heterocycles. The minimum absolute atomic E-state index is 0.446. The lowest BCUT2D eigenvalue weighted by Gasteiger charge is -2.32. The van der Waals surface area contributed by atoms with Crippen molar-refractivity contribution < 1.29 is 9.31 Å². The van der Waals surface area contributed by atoms with Gasteiger partial charge in [0.2, 0.25) is 0 Å². The minimum Gasteiger partial charge on any atom is -0.399 e. The molecule has 1 aliphatic rings. The molecule has 0 N–H and O–H groups in total. The molecule has 6 rings (SSSR count). The van der Waals surface area contributed by atoms with Crippen molar-refractivity contribution in [1.82, 2.24) is 4.57 Å². The van der Waals surface area contributed by atoms with Gasteiger partial charge < -0.3 is 13.9 Å². The molecular weight excluding hydrogens is 443 g/mol. The molecule has 0 unspecified atom stereocenters. The van der Waals surface area contributed by atoms with Crippen molar-refractivity contribution in [3.8, 4) is 22.9 Å². The number of nitriles is 1. The molecule has 4 aromatic carbocycles. The summed E-state index contributed by atoms with van der Waals surface area (Å²) in [7, 11) is -0.522. The van der Waals surface area contributed by atoms with Crippen molar-refractivity contribution in [1.29, 1.82) is 5.26 Å². The first kappa shape index (κ1) is 22.6. The van der Waals surface area contributed by atoms with Crippen molar-refractivity contribution in [2.45, 2.75) is 38.9 Å². The summed E-state index contributed by atoms with van der Waals surface area (Å²) in [6.07, 6.45) is 0. The Labute approximate surface area is 211 Å². The molecule has 1 saturated heterocycles. The highest BCUT2D eigenvalue weighted by Crippen LogP contribution is 2.38. The maximum atomic E-state index is 9.79. The summed E-state index contributed by atoms with van der Waals surface area (Å²) in [6.45, 7) is 8.16. The Bertz CT molecular complexity index is 1650. The highest BCUT2D eigenvalue weighted by atomic mass is 16.7. The van der Waals surface area contributed by atoms with Crippen LogP contribution in [-0.4, -0.2) is 22.9 Å². The predicted molar refractivity (Wildman–Crippen MR) is 147 cm³/mol. The molecule has 0 radical (unpaired) electrons. The van der Waals surface area contributed by atoms with Gasteiger partial charge in [0.05, 0.1) is 33.9 Å². The second-order valence-electron chi connectivity index (χ2n) is 10.5. The van der Waals surface area contributed by atoms with Crippen LogP contribution >= 0.6 is 0 Å². The Balaban J connectivity index is 1.51. The van der Waals surface area contributed by atoms with Gasteiger partial charge in [0, 0.05) is 16.5 Å². The monoisotopic (exact) mass is 470 g/mol. The molecule has 0 spiro atoms. The van der Waals surface area contributed by atoms with E-state index in [1.807, 2.05) is 45.9 Å². The van der Waals surface area contributed by atoms with Gasteiger partial charge in [-0.05, 0) is 86.7 Å². The van der Waals surface area contributed by atoms with Crippen LogP contribution in [0.5, 0.6) is 0 Å². The van der Waals surface area contributed by atoms with Crippen molar-refractivity contribution in [2.75, 3.05) is 0 Å². The Morgan fingerprint density at radius 3 is 2.08 bits per heavy atom. The fourth-order valence-corrected chi connectivity index (χ4v) is 5.01. The maximum absolute atomic E-state index is 9.79. The van der Waals surface area contributed by atoms with Crippen molar-refractivity contribution in [2.24, 2.45) is 0 Å². The van der Waals surface area contributed by atoms with Gasteiger partial charge in [-0.25, -0.2) is 0 Å². The first-order chi connectivity index (χ1) is 17.3. The zero-order valence-corrected chi connectivity index (χ0v) is 20.9. The highest BCUT2D eigenvalue weighted by Gasteiger charge is 2.51. The SMILES string of the molecule is CC1(C)OB(c2cc(C#N)cc(-c3ccc4c(c3)c3ccccc3n4-c3ccccc3)c2)OC1(C)C. The van der Waals surface area contributed by atoms with Crippen LogP contribution in [-0.2, 0) is 9.31 Å². The number of aromatic nitrogens is 1. The Kier molecular flexibility index (Phi) is 5.08. The van der Waals surface area contributed by atoms with Gasteiger partial charge in [0.25, 0.3) is 0 Å². The first-order valence-electron chi connectivity index (χ1n) is 12.3. The summed E-state index contributed by atoms with van der Waals surface area (Å²) >= 11 is 0. The van der Waals surface area contributed by atoms with Gasteiger partial charge in [0.1, 0.15) is 0 Å². The molecule has 4 nitrogen and oxygen atoms in total. The average Bonchev–Trinajstić information content (AvgIpc) is 3.33. The van der Waals surface area contributed by atoms with Gasteiger partial charge in [-0.1, -0.05) is 48.5 Å². The third-order valence-electron chi connectivity index (χ3n) is 7.63. The summed E-state index contributed by atoms with van der Waals surface area (Å²) in [4.78, 5) is 0. The molecule has 0 saturated carbocycles. The molecule has 176 valence electrons. The van der Waals surface area contributed by atoms with E-state index in [4.69, 9.17) is 9.31 Å². The zero-order chi connectivity index (χ0) is 25.1. The van der Waals surface area contributed by atoms with E-state index in [0.717, 1.165) is 27.8 Å². The van der Waals surface area contributed by atoms with Crippen LogP contribution < -0.4 is 5.46 Å². The smallest absolute Gasteiger partial charge is 0.399 e. The van der Waals surface area contributed by atoms with E-state index in [9.17, 15) is 5.26 Å². The molecule has 2 heterocycles. The van der Waals surface area contributed by atoms with Crippen molar-refractivity contribution in [3.63, 3.8) is 0 Å². The summed E-state index contributed by atoms with van der Waals surface area (Å²) in [6, 6.07) is 33.7. The van der Waals surface area contributed by atoms with Crippen LogP contribution in [0.1, 0.15) is 33.3 Å². The van der Waals surface area contributed by atoms with E-state index in [2.05, 4.69) is 83.4 Å². The zero-order valence-electron chi connectivity index (χ0n) is 20.9. The van der Waals surface area contributed by atoms with Crippen molar-refractivity contribution >= 4 is 34.4 Å². The van der Waals surface area contributed by atoms with E-state index in [1.54, 1.807) is 0 Å². The van der Waals surface area contributed by atoms with E-state index in [-0.39, 0.29) is 0 Å². The molecule has 36 heavy (non-hydrogen) atoms. The summed E-state index contributed by atoms with van der Waals surface area (Å²) in [5.74, 6) is 0. The van der Waals surface area contributed by atoms with Gasteiger partial charge in [-0.3, -0.25) is 0 Å². The number of para-hydroxylation sites is 2. The fourth-order valence-electron chi connectivity index (χ4n) is 5.01. The number of nitrogens with zero attached hydrogens (tertiary/aromatic N) is 2. The van der Waals surface area contributed by atoms with Gasteiger partial charge >= 0.3 is 7.12 Å². The lowest BCUT2D eigenvalue weighted by atomic mass is 9.77. The largest absolute Gasteiger partial charge is 0.494 e. The molecule has 5 heteroatoms. The minimum atomic E-state index is -0.522. The highest BCUT2D eigenvalue weighted by molar-refractivity contribution is 6.62. The molecular formula is C31H27BN2O2. The summed E-state index contributed by atoms with van der Waals surface area (Å²) in [5, 5.41) is 12.2. The standard InChI is InChI=1S/C31H27BN2O2/c1-30(2)31(3,4)36-32(35-30)24-17-21(20-33)16-23(18-24)22-14-15-29-27(19-22)26-12-8-9-13-28(26)34(29)25-10-6-5-7-11-25/h5-19H,1-4H3.